The molecular weight excluding hydrogens is 556 g/mol. The van der Waals surface area contributed by atoms with Gasteiger partial charge in [-0.05, 0) is 13.8 Å². The van der Waals surface area contributed by atoms with Gasteiger partial charge in [0.15, 0.2) is 0 Å². The molecule has 16 heteroatoms. The topological polar surface area (TPSA) is 210 Å². The van der Waals surface area contributed by atoms with Crippen LogP contribution in [0.3, 0.4) is 0 Å². The van der Waals surface area contributed by atoms with E-state index in [-0.39, 0.29) is 0 Å². The summed E-state index contributed by atoms with van der Waals surface area (Å²) < 4.78 is 38.7. The fourth-order valence-corrected chi connectivity index (χ4v) is 4.36. The van der Waals surface area contributed by atoms with Gasteiger partial charge in [0.2, 0.25) is 5.41 Å². The number of methoxy groups -OCH3 is 6. The van der Waals surface area contributed by atoms with Crippen molar-refractivity contribution in [3.8, 4) is 0 Å². The van der Waals surface area contributed by atoms with E-state index in [0.29, 0.717) is 0 Å². The quantitative estimate of drug-likeness (QED) is 0.170. The summed E-state index contributed by atoms with van der Waals surface area (Å²) in [5.41, 5.74) is -8.39. The molecule has 1 rings (SSSR count). The zero-order chi connectivity index (χ0) is 31.7. The van der Waals surface area contributed by atoms with Crippen molar-refractivity contribution in [2.24, 2.45) is 17.3 Å². The molecule has 0 aromatic rings. The summed E-state index contributed by atoms with van der Waals surface area (Å²) in [4.78, 5) is 108. The fourth-order valence-electron chi connectivity index (χ4n) is 4.36. The number of hydrogen-bond donors (Lipinski definition) is 0. The zero-order valence-corrected chi connectivity index (χ0v) is 23.6. The van der Waals surface area contributed by atoms with Crippen molar-refractivity contribution < 1.29 is 76.3 Å². The Kier molecular flexibility index (Phi) is 12.2. The average Bonchev–Trinajstić information content (AvgIpc) is 3.10. The van der Waals surface area contributed by atoms with Crippen LogP contribution in [0.4, 0.5) is 0 Å². The Balaban J connectivity index is 5.08. The van der Waals surface area contributed by atoms with Crippen molar-refractivity contribution in [1.82, 2.24) is 0 Å². The molecule has 226 valence electrons. The predicted molar refractivity (Wildman–Crippen MR) is 129 cm³/mol. The van der Waals surface area contributed by atoms with Gasteiger partial charge in [0.05, 0.1) is 78.2 Å². The van der Waals surface area contributed by atoms with E-state index in [1.54, 1.807) is 0 Å². The van der Waals surface area contributed by atoms with E-state index in [2.05, 4.69) is 0 Å². The lowest BCUT2D eigenvalue weighted by atomic mass is 9.63. The summed E-state index contributed by atoms with van der Waals surface area (Å²) in [7, 11) is 4.76. The van der Waals surface area contributed by atoms with Gasteiger partial charge in [-0.1, -0.05) is 0 Å². The Morgan fingerprint density at radius 2 is 0.976 bits per heavy atom. The second-order valence-corrected chi connectivity index (χ2v) is 7.76. The van der Waals surface area contributed by atoms with Gasteiger partial charge in [-0.2, -0.15) is 0 Å². The smallest absolute Gasteiger partial charge is 0.339 e. The molecule has 0 spiro atoms. The van der Waals surface area contributed by atoms with Gasteiger partial charge in [0.1, 0.15) is 11.8 Å². The third kappa shape index (κ3) is 5.90. The molecule has 0 aliphatic heterocycles. The van der Waals surface area contributed by atoms with E-state index in [1.165, 1.54) is 13.8 Å². The number of hydrogen-bond acceptors (Lipinski definition) is 16. The monoisotopic (exact) mass is 586 g/mol. The summed E-state index contributed by atoms with van der Waals surface area (Å²) >= 11 is 0. The first-order valence-corrected chi connectivity index (χ1v) is 11.7. The first-order valence-electron chi connectivity index (χ1n) is 11.7. The van der Waals surface area contributed by atoms with Crippen LogP contribution in [-0.4, -0.2) is 104 Å². The lowest BCUT2D eigenvalue weighted by Gasteiger charge is -2.37. The van der Waals surface area contributed by atoms with Crippen LogP contribution < -0.4 is 0 Å². The van der Waals surface area contributed by atoms with Gasteiger partial charge in [-0.15, -0.1) is 0 Å². The van der Waals surface area contributed by atoms with Crippen molar-refractivity contribution in [2.45, 2.75) is 13.8 Å². The highest BCUT2D eigenvalue weighted by atomic mass is 16.6. The molecular formula is C25H30O16. The zero-order valence-electron chi connectivity index (χ0n) is 23.6. The van der Waals surface area contributed by atoms with Crippen LogP contribution in [0.25, 0.3) is 0 Å². The Morgan fingerprint density at radius 3 is 1.34 bits per heavy atom. The van der Waals surface area contributed by atoms with E-state index in [4.69, 9.17) is 37.9 Å². The molecule has 0 N–H and O–H groups in total. The summed E-state index contributed by atoms with van der Waals surface area (Å²) in [6.07, 6.45) is 0. The van der Waals surface area contributed by atoms with Gasteiger partial charge < -0.3 is 37.9 Å². The maximum absolute atomic E-state index is 13.9. The standard InChI is InChI=1S/C25H30O16/c1-9-40-23(32)25(24(33)41-10-2)15(21(30)38-7)13(19(28)36-5)11(17(26)34-3)12(18(27)35-4)14(20(29)37-6)16(25)22(31)39-8/h13,15H,9-10H2,1-8H3/t13-,15-/m1/s1. The number of ether oxygens (including phenoxy) is 8. The molecule has 0 saturated heterocycles. The van der Waals surface area contributed by atoms with Crippen LogP contribution in [0, 0.1) is 17.3 Å². The molecule has 1 aliphatic rings. The van der Waals surface area contributed by atoms with Crippen LogP contribution in [0.1, 0.15) is 13.8 Å². The van der Waals surface area contributed by atoms with Gasteiger partial charge in [-0.3, -0.25) is 19.2 Å². The average molecular weight is 586 g/mol. The molecule has 0 aromatic heterocycles. The normalized spacial score (nSPS) is 17.8. The second kappa shape index (κ2) is 14.6. The molecule has 0 saturated carbocycles. The summed E-state index contributed by atoms with van der Waals surface area (Å²) in [5, 5.41) is 0. The molecule has 41 heavy (non-hydrogen) atoms. The van der Waals surface area contributed by atoms with Crippen molar-refractivity contribution in [1.29, 1.82) is 0 Å². The molecule has 0 amide bonds. The minimum Gasteiger partial charge on any atom is -0.469 e. The van der Waals surface area contributed by atoms with Crippen LogP contribution >= 0.6 is 0 Å². The number of rotatable bonds is 10. The molecule has 0 aromatic carbocycles. The van der Waals surface area contributed by atoms with Gasteiger partial charge in [0, 0.05) is 0 Å². The first kappa shape index (κ1) is 34.3. The summed E-state index contributed by atoms with van der Waals surface area (Å²) in [6.45, 7) is 1.61. The van der Waals surface area contributed by atoms with Gasteiger partial charge in [0.25, 0.3) is 0 Å². The van der Waals surface area contributed by atoms with Crippen molar-refractivity contribution in [2.75, 3.05) is 55.9 Å². The third-order valence-electron chi connectivity index (χ3n) is 5.95. The highest BCUT2D eigenvalue weighted by Gasteiger charge is 2.70. The first-order chi connectivity index (χ1) is 19.4. The van der Waals surface area contributed by atoms with Crippen LogP contribution in [0.2, 0.25) is 0 Å². The number of carbonyl (C=O) groups excluding carboxylic acids is 8. The van der Waals surface area contributed by atoms with E-state index in [0.717, 1.165) is 42.7 Å². The van der Waals surface area contributed by atoms with Crippen molar-refractivity contribution in [3.63, 3.8) is 0 Å². The molecule has 2 atom stereocenters. The molecule has 0 radical (unpaired) electrons. The molecule has 1 aliphatic carbocycles. The van der Waals surface area contributed by atoms with E-state index >= 15 is 0 Å². The highest BCUT2D eigenvalue weighted by Crippen LogP contribution is 2.52. The Labute approximate surface area is 233 Å². The second-order valence-electron chi connectivity index (χ2n) is 7.76. The predicted octanol–water partition coefficient (Wildman–Crippen LogP) is -1.02. The van der Waals surface area contributed by atoms with E-state index in [1.807, 2.05) is 0 Å². The molecule has 0 heterocycles. The lowest BCUT2D eigenvalue weighted by molar-refractivity contribution is -0.185. The summed E-state index contributed by atoms with van der Waals surface area (Å²) in [6, 6.07) is 0. The SMILES string of the molecule is CCOC(=O)C1(C(=O)OCC)C(C(=O)OC)=C(C(=O)OC)C(C(=O)OC)=C(C(=O)OC)[C@@H](C(=O)OC)[C@@H]1C(=O)OC. The van der Waals surface area contributed by atoms with Crippen LogP contribution in [0.5, 0.6) is 0 Å². The van der Waals surface area contributed by atoms with E-state index in [9.17, 15) is 38.4 Å². The molecule has 0 unspecified atom stereocenters. The Hall–Kier alpha value is -4.76. The maximum atomic E-state index is 13.9. The molecule has 0 bridgehead atoms. The fraction of sp³-hybridized carbons (Fsp3) is 0.520. The Morgan fingerprint density at radius 1 is 0.561 bits per heavy atom. The minimum atomic E-state index is -3.45. The largest absolute Gasteiger partial charge is 0.469 e. The highest BCUT2D eigenvalue weighted by molar-refractivity contribution is 6.23. The van der Waals surface area contributed by atoms with Crippen LogP contribution in [-0.2, 0) is 76.3 Å². The van der Waals surface area contributed by atoms with Crippen molar-refractivity contribution in [3.05, 3.63) is 22.3 Å². The van der Waals surface area contributed by atoms with E-state index < -0.39 is 101 Å². The lowest BCUT2D eigenvalue weighted by Crippen LogP contribution is -2.57. The summed E-state index contributed by atoms with van der Waals surface area (Å²) in [5.74, 6) is -18.0. The minimum absolute atomic E-state index is 0.486. The molecule has 0 fully saturated rings. The molecule has 16 nitrogen and oxygen atoms in total. The Bertz CT molecular complexity index is 1170. The third-order valence-corrected chi connectivity index (χ3v) is 5.95. The van der Waals surface area contributed by atoms with Gasteiger partial charge >= 0.3 is 47.8 Å². The van der Waals surface area contributed by atoms with Gasteiger partial charge in [-0.25, -0.2) is 19.2 Å². The van der Waals surface area contributed by atoms with Crippen LogP contribution in [0.15, 0.2) is 22.3 Å². The number of esters is 8. The number of carbonyl (C=O) groups is 8. The van der Waals surface area contributed by atoms with Crippen molar-refractivity contribution >= 4 is 47.8 Å². The maximum Gasteiger partial charge on any atom is 0.339 e.